The standard InChI is InChI=1S/C50H63N5OS2/c1-50(2,3)56-43-24-36-49(37-25-43)58(47-32-20-41(21-33-47)54(10)11,48-34-22-42(23-35-48)55(12)13)57(44-26-14-38(15-27-44)51(4)5,45-28-16-39(17-29-45)52(6)7)46-30-18-40(19-31-46)53(8)9/h14-37H,1-13H3. The lowest BCUT2D eigenvalue weighted by Crippen LogP contribution is -2.23. The van der Waals surface area contributed by atoms with E-state index < -0.39 is 18.1 Å². The predicted octanol–water partition coefficient (Wildman–Crippen LogP) is 12.4. The first kappa shape index (κ1) is 42.4. The van der Waals surface area contributed by atoms with Crippen molar-refractivity contribution in [2.24, 2.45) is 0 Å². The molecule has 0 aliphatic rings. The molecule has 0 aromatic heterocycles. The Bertz CT molecular complexity index is 2070. The van der Waals surface area contributed by atoms with Crippen molar-refractivity contribution in [2.45, 2.75) is 55.7 Å². The second kappa shape index (κ2) is 17.0. The Balaban J connectivity index is 1.91. The Hall–Kier alpha value is -5.18. The molecule has 6 nitrogen and oxygen atoms in total. The monoisotopic (exact) mass is 813 g/mol. The molecular weight excluding hydrogens is 751 g/mol. The van der Waals surface area contributed by atoms with Crippen molar-refractivity contribution in [2.75, 3.05) is 95.0 Å². The molecule has 0 amide bonds. The van der Waals surface area contributed by atoms with Crippen LogP contribution in [0.2, 0.25) is 0 Å². The number of hydrogen-bond donors (Lipinski definition) is 0. The highest BCUT2D eigenvalue weighted by Gasteiger charge is 2.51. The van der Waals surface area contributed by atoms with E-state index in [4.69, 9.17) is 4.74 Å². The average molecular weight is 814 g/mol. The number of hydrogen-bond acceptors (Lipinski definition) is 6. The lowest BCUT2D eigenvalue weighted by Gasteiger charge is -2.61. The van der Waals surface area contributed by atoms with Gasteiger partial charge in [0.15, 0.2) is 0 Å². The van der Waals surface area contributed by atoms with Crippen LogP contribution < -0.4 is 29.2 Å². The summed E-state index contributed by atoms with van der Waals surface area (Å²) in [6, 6.07) is 56.1. The largest absolute Gasteiger partial charge is 0.488 e. The van der Waals surface area contributed by atoms with Crippen molar-refractivity contribution in [3.05, 3.63) is 146 Å². The van der Waals surface area contributed by atoms with Crippen LogP contribution in [0, 0.1) is 0 Å². The first-order valence-corrected chi connectivity index (χ1v) is 23.6. The summed E-state index contributed by atoms with van der Waals surface area (Å²) < 4.78 is 6.50. The zero-order valence-corrected chi connectivity index (χ0v) is 38.5. The van der Waals surface area contributed by atoms with Crippen molar-refractivity contribution in [3.8, 4) is 5.75 Å². The van der Waals surface area contributed by atoms with Gasteiger partial charge in [-0.05, 0) is 166 Å². The summed E-state index contributed by atoms with van der Waals surface area (Å²) in [6.45, 7) is 6.32. The zero-order chi connectivity index (χ0) is 42.0. The van der Waals surface area contributed by atoms with E-state index in [0.717, 1.165) is 34.2 Å². The fraction of sp³-hybridized carbons (Fsp3) is 0.280. The molecule has 0 saturated carbocycles. The molecule has 6 aromatic rings. The molecule has 0 unspecified atom stereocenters. The molecular formula is C50H63N5OS2. The second-order valence-electron chi connectivity index (χ2n) is 16.7. The predicted molar refractivity (Wildman–Crippen MR) is 255 cm³/mol. The maximum atomic E-state index is 6.50. The maximum absolute atomic E-state index is 6.50. The number of benzene rings is 6. The molecule has 0 fully saturated rings. The fourth-order valence-electron chi connectivity index (χ4n) is 7.41. The van der Waals surface area contributed by atoms with E-state index in [9.17, 15) is 0 Å². The van der Waals surface area contributed by atoms with Gasteiger partial charge in [-0.2, -0.15) is 0 Å². The third-order valence-corrected chi connectivity index (χ3v) is 22.5. The quantitative estimate of drug-likeness (QED) is 0.108. The van der Waals surface area contributed by atoms with E-state index in [-0.39, 0.29) is 5.60 Å². The summed E-state index contributed by atoms with van der Waals surface area (Å²) in [4.78, 5) is 18.7. The molecule has 8 heteroatoms. The SMILES string of the molecule is CN(C)c1ccc(S(c2ccc(OC(C)(C)C)cc2)(c2ccc(N(C)C)cc2)S(c2ccc(N(C)C)cc2)(c2ccc(N(C)C)cc2)c2ccc(N(C)C)cc2)cc1. The van der Waals surface area contributed by atoms with Gasteiger partial charge in [0.05, 0.1) is 0 Å². The first-order valence-electron chi connectivity index (χ1n) is 19.8. The summed E-state index contributed by atoms with van der Waals surface area (Å²) >= 11 is 0. The molecule has 6 rings (SSSR count). The number of ether oxygens (including phenoxy) is 1. The topological polar surface area (TPSA) is 25.4 Å². The number of nitrogens with zero attached hydrogens (tertiary/aromatic N) is 5. The van der Waals surface area contributed by atoms with Crippen molar-refractivity contribution < 1.29 is 4.74 Å². The first-order chi connectivity index (χ1) is 27.5. The third-order valence-electron chi connectivity index (χ3n) is 10.4. The minimum atomic E-state index is -2.29. The normalized spacial score (nSPS) is 12.4. The minimum absolute atomic E-state index is 0.332. The van der Waals surface area contributed by atoms with Crippen molar-refractivity contribution >= 4 is 46.6 Å². The van der Waals surface area contributed by atoms with E-state index in [2.05, 4.69) is 261 Å². The van der Waals surface area contributed by atoms with Crippen molar-refractivity contribution in [3.63, 3.8) is 0 Å². The van der Waals surface area contributed by atoms with Gasteiger partial charge in [0.2, 0.25) is 0 Å². The van der Waals surface area contributed by atoms with Gasteiger partial charge in [0, 0.05) is 128 Å². The van der Waals surface area contributed by atoms with Crippen molar-refractivity contribution in [1.82, 2.24) is 0 Å². The highest BCUT2D eigenvalue weighted by molar-refractivity contribution is 9.08. The van der Waals surface area contributed by atoms with Gasteiger partial charge < -0.3 is 29.2 Å². The molecule has 0 atom stereocenters. The van der Waals surface area contributed by atoms with Crippen LogP contribution in [-0.4, -0.2) is 76.1 Å². The average Bonchev–Trinajstić information content (AvgIpc) is 3.20. The van der Waals surface area contributed by atoms with Crippen LogP contribution in [0.5, 0.6) is 5.75 Å². The Morgan fingerprint density at radius 3 is 0.621 bits per heavy atom. The highest BCUT2D eigenvalue weighted by Crippen LogP contribution is 2.99. The molecule has 0 aliphatic carbocycles. The van der Waals surface area contributed by atoms with Gasteiger partial charge in [-0.3, -0.25) is 0 Å². The van der Waals surface area contributed by atoms with Gasteiger partial charge in [-0.15, -0.1) is 18.1 Å². The van der Waals surface area contributed by atoms with Crippen LogP contribution in [0.1, 0.15) is 20.8 Å². The smallest absolute Gasteiger partial charge is 0.120 e. The summed E-state index contributed by atoms with van der Waals surface area (Å²) in [5.74, 6) is 0.858. The Morgan fingerprint density at radius 2 is 0.466 bits per heavy atom. The van der Waals surface area contributed by atoms with Gasteiger partial charge >= 0.3 is 0 Å². The Labute approximate surface area is 351 Å². The molecule has 0 saturated heterocycles. The van der Waals surface area contributed by atoms with E-state index in [1.807, 2.05) is 0 Å². The molecule has 0 N–H and O–H groups in total. The van der Waals surface area contributed by atoms with Crippen LogP contribution in [0.25, 0.3) is 0 Å². The lowest BCUT2D eigenvalue weighted by atomic mass is 10.2. The molecule has 0 bridgehead atoms. The minimum Gasteiger partial charge on any atom is -0.488 e. The summed E-state index contributed by atoms with van der Waals surface area (Å²) in [5, 5.41) is 0. The number of anilines is 5. The molecule has 0 heterocycles. The van der Waals surface area contributed by atoms with E-state index in [1.54, 1.807) is 0 Å². The van der Waals surface area contributed by atoms with E-state index in [1.165, 1.54) is 29.4 Å². The van der Waals surface area contributed by atoms with E-state index in [0.29, 0.717) is 0 Å². The molecule has 0 spiro atoms. The summed E-state index contributed by atoms with van der Waals surface area (Å²) in [6.07, 6.45) is 0. The zero-order valence-electron chi connectivity index (χ0n) is 36.8. The Morgan fingerprint density at radius 1 is 0.293 bits per heavy atom. The van der Waals surface area contributed by atoms with E-state index >= 15 is 0 Å². The van der Waals surface area contributed by atoms with Gasteiger partial charge in [-0.1, -0.05) is 0 Å². The molecule has 306 valence electrons. The van der Waals surface area contributed by atoms with Crippen LogP contribution in [-0.2, 0) is 0 Å². The van der Waals surface area contributed by atoms with Crippen LogP contribution >= 0.6 is 18.1 Å². The molecule has 58 heavy (non-hydrogen) atoms. The fourth-order valence-corrected chi connectivity index (χ4v) is 21.1. The molecule has 0 aliphatic heterocycles. The lowest BCUT2D eigenvalue weighted by molar-refractivity contribution is 0.131. The number of rotatable bonds is 13. The molecule has 6 aromatic carbocycles. The second-order valence-corrected chi connectivity index (χ2v) is 24.8. The van der Waals surface area contributed by atoms with Crippen LogP contribution in [0.4, 0.5) is 28.4 Å². The summed E-state index contributed by atoms with van der Waals surface area (Å²) in [5.41, 5.74) is 5.49. The summed E-state index contributed by atoms with van der Waals surface area (Å²) in [7, 11) is 16.6. The van der Waals surface area contributed by atoms with Gasteiger partial charge in [0.25, 0.3) is 0 Å². The highest BCUT2D eigenvalue weighted by atomic mass is 33.2. The van der Waals surface area contributed by atoms with Crippen LogP contribution in [0.3, 0.4) is 0 Å². The van der Waals surface area contributed by atoms with Gasteiger partial charge in [-0.25, -0.2) is 0 Å². The Kier molecular flexibility index (Phi) is 12.4. The maximum Gasteiger partial charge on any atom is 0.120 e. The third kappa shape index (κ3) is 8.10. The van der Waals surface area contributed by atoms with Crippen LogP contribution in [0.15, 0.2) is 175 Å². The molecule has 0 radical (unpaired) electrons. The van der Waals surface area contributed by atoms with Crippen molar-refractivity contribution in [1.29, 1.82) is 0 Å². The van der Waals surface area contributed by atoms with Gasteiger partial charge in [0.1, 0.15) is 11.4 Å².